The highest BCUT2D eigenvalue weighted by molar-refractivity contribution is 5.79. The predicted molar refractivity (Wildman–Crippen MR) is 121 cm³/mol. The zero-order valence-corrected chi connectivity index (χ0v) is 18.6. The molecule has 1 amide bonds. The van der Waals surface area contributed by atoms with Gasteiger partial charge in [-0.3, -0.25) is 4.79 Å². The first-order valence-corrected chi connectivity index (χ1v) is 10.7. The first-order chi connectivity index (χ1) is 15.6. The molecule has 3 aromatic rings. The van der Waals surface area contributed by atoms with E-state index < -0.39 is 0 Å². The molecule has 1 fully saturated rings. The molecule has 4 rings (SSSR count). The number of nitrogens with zero attached hydrogens (tertiary/aromatic N) is 3. The van der Waals surface area contributed by atoms with Gasteiger partial charge in [0.05, 0.1) is 20.3 Å². The minimum atomic E-state index is -0.0607. The number of hydrogen-bond acceptors (Lipinski definition) is 7. The van der Waals surface area contributed by atoms with Crippen LogP contribution in [0.1, 0.15) is 31.4 Å². The number of amides is 1. The van der Waals surface area contributed by atoms with Gasteiger partial charge in [-0.1, -0.05) is 17.2 Å². The van der Waals surface area contributed by atoms with Crippen molar-refractivity contribution < 1.29 is 18.7 Å². The summed E-state index contributed by atoms with van der Waals surface area (Å²) in [5.74, 6) is 2.09. The number of piperidine rings is 1. The van der Waals surface area contributed by atoms with Gasteiger partial charge in [0, 0.05) is 24.6 Å². The smallest absolute Gasteiger partial charge is 0.318 e. The fourth-order valence-corrected chi connectivity index (χ4v) is 3.83. The SMILES string of the molecule is COc1ccc(-c2nnc(N3CCC(C(=O)N[C@@H](C)c4ccc(OC)cc4)CC3)o2)cc1. The largest absolute Gasteiger partial charge is 0.497 e. The van der Waals surface area contributed by atoms with E-state index in [1.54, 1.807) is 14.2 Å². The second-order valence-electron chi connectivity index (χ2n) is 7.88. The number of carbonyl (C=O) groups is 1. The van der Waals surface area contributed by atoms with E-state index in [2.05, 4.69) is 15.5 Å². The molecule has 1 aliphatic rings. The zero-order valence-electron chi connectivity index (χ0n) is 18.6. The summed E-state index contributed by atoms with van der Waals surface area (Å²) < 4.78 is 16.2. The third-order valence-electron chi connectivity index (χ3n) is 5.86. The van der Waals surface area contributed by atoms with E-state index in [1.165, 1.54) is 0 Å². The third-order valence-corrected chi connectivity index (χ3v) is 5.86. The Balaban J connectivity index is 1.30. The lowest BCUT2D eigenvalue weighted by Gasteiger charge is -2.30. The van der Waals surface area contributed by atoms with Gasteiger partial charge in [-0.15, -0.1) is 5.10 Å². The first kappa shape index (κ1) is 21.7. The lowest BCUT2D eigenvalue weighted by Crippen LogP contribution is -2.41. The highest BCUT2D eigenvalue weighted by Crippen LogP contribution is 2.27. The van der Waals surface area contributed by atoms with Gasteiger partial charge in [-0.25, -0.2) is 0 Å². The Labute approximate surface area is 187 Å². The highest BCUT2D eigenvalue weighted by Gasteiger charge is 2.28. The van der Waals surface area contributed by atoms with Crippen LogP contribution in [0.2, 0.25) is 0 Å². The van der Waals surface area contributed by atoms with Gasteiger partial charge in [0.15, 0.2) is 0 Å². The number of anilines is 1. The molecular weight excluding hydrogens is 408 g/mol. The molecular formula is C24H28N4O4. The average Bonchev–Trinajstić information content (AvgIpc) is 3.34. The summed E-state index contributed by atoms with van der Waals surface area (Å²) in [6.45, 7) is 3.38. The minimum Gasteiger partial charge on any atom is -0.497 e. The summed E-state index contributed by atoms with van der Waals surface area (Å²) in [4.78, 5) is 14.8. The van der Waals surface area contributed by atoms with Crippen molar-refractivity contribution in [3.8, 4) is 23.0 Å². The van der Waals surface area contributed by atoms with Gasteiger partial charge in [-0.2, -0.15) is 0 Å². The maximum absolute atomic E-state index is 12.8. The van der Waals surface area contributed by atoms with E-state index in [4.69, 9.17) is 13.9 Å². The second kappa shape index (κ2) is 9.72. The van der Waals surface area contributed by atoms with Crippen molar-refractivity contribution >= 4 is 11.9 Å². The molecule has 32 heavy (non-hydrogen) atoms. The lowest BCUT2D eigenvalue weighted by atomic mass is 9.95. The Hall–Kier alpha value is -3.55. The number of nitrogens with one attached hydrogen (secondary N) is 1. The molecule has 168 valence electrons. The molecule has 1 atom stereocenters. The van der Waals surface area contributed by atoms with E-state index in [9.17, 15) is 4.79 Å². The Morgan fingerprint density at radius 1 is 1.00 bits per heavy atom. The van der Waals surface area contributed by atoms with Crippen LogP contribution >= 0.6 is 0 Å². The number of carbonyl (C=O) groups excluding carboxylic acids is 1. The fourth-order valence-electron chi connectivity index (χ4n) is 3.83. The Morgan fingerprint density at radius 2 is 1.59 bits per heavy atom. The van der Waals surface area contributed by atoms with Crippen molar-refractivity contribution in [2.75, 3.05) is 32.2 Å². The summed E-state index contributed by atoms with van der Waals surface area (Å²) in [5.41, 5.74) is 1.89. The molecule has 1 saturated heterocycles. The summed E-state index contributed by atoms with van der Waals surface area (Å²) in [5, 5.41) is 11.5. The van der Waals surface area contributed by atoms with Crippen LogP contribution in [-0.2, 0) is 4.79 Å². The molecule has 0 bridgehead atoms. The maximum Gasteiger partial charge on any atom is 0.318 e. The van der Waals surface area contributed by atoms with Gasteiger partial charge < -0.3 is 24.1 Å². The van der Waals surface area contributed by atoms with Crippen molar-refractivity contribution in [2.24, 2.45) is 5.92 Å². The quantitative estimate of drug-likeness (QED) is 0.602. The highest BCUT2D eigenvalue weighted by atomic mass is 16.5. The standard InChI is InChI=1S/C24H28N4O4/c1-16(17-4-8-20(30-2)9-5-17)25-22(29)18-12-14-28(15-13-18)24-27-26-23(32-24)19-6-10-21(31-3)11-7-19/h4-11,16,18H,12-15H2,1-3H3,(H,25,29)/t16-/m0/s1. The number of methoxy groups -OCH3 is 2. The van der Waals surface area contributed by atoms with Gasteiger partial charge in [0.1, 0.15) is 11.5 Å². The van der Waals surface area contributed by atoms with E-state index in [-0.39, 0.29) is 17.9 Å². The van der Waals surface area contributed by atoms with Gasteiger partial charge in [0.2, 0.25) is 11.8 Å². The van der Waals surface area contributed by atoms with Crippen molar-refractivity contribution in [2.45, 2.75) is 25.8 Å². The molecule has 2 heterocycles. The van der Waals surface area contributed by atoms with Crippen molar-refractivity contribution in [1.82, 2.24) is 15.5 Å². The van der Waals surface area contributed by atoms with Crippen LogP contribution in [0.5, 0.6) is 11.5 Å². The lowest BCUT2D eigenvalue weighted by molar-refractivity contribution is -0.126. The molecule has 1 aromatic heterocycles. The Morgan fingerprint density at radius 3 is 2.19 bits per heavy atom. The van der Waals surface area contributed by atoms with Crippen molar-refractivity contribution in [1.29, 1.82) is 0 Å². The second-order valence-corrected chi connectivity index (χ2v) is 7.88. The van der Waals surface area contributed by atoms with Crippen LogP contribution in [-0.4, -0.2) is 43.4 Å². The normalized spacial score (nSPS) is 15.3. The van der Waals surface area contributed by atoms with E-state index in [0.29, 0.717) is 25.0 Å². The first-order valence-electron chi connectivity index (χ1n) is 10.7. The summed E-state index contributed by atoms with van der Waals surface area (Å²) >= 11 is 0. The van der Waals surface area contributed by atoms with E-state index >= 15 is 0 Å². The van der Waals surface area contributed by atoms with Crippen LogP contribution < -0.4 is 19.7 Å². The molecule has 8 heteroatoms. The molecule has 0 radical (unpaired) electrons. The number of benzene rings is 2. The van der Waals surface area contributed by atoms with Gasteiger partial charge >= 0.3 is 6.01 Å². The van der Waals surface area contributed by atoms with Crippen LogP contribution in [0.25, 0.3) is 11.5 Å². The van der Waals surface area contributed by atoms with Gasteiger partial charge in [0.25, 0.3) is 0 Å². The number of aromatic nitrogens is 2. The van der Waals surface area contributed by atoms with Gasteiger partial charge in [-0.05, 0) is 61.7 Å². The third kappa shape index (κ3) is 4.85. The molecule has 0 saturated carbocycles. The number of rotatable bonds is 7. The van der Waals surface area contributed by atoms with Crippen LogP contribution in [0.4, 0.5) is 6.01 Å². The predicted octanol–water partition coefficient (Wildman–Crippen LogP) is 3.85. The molecule has 8 nitrogen and oxygen atoms in total. The minimum absolute atomic E-state index is 0.0315. The molecule has 1 N–H and O–H groups in total. The number of hydrogen-bond donors (Lipinski definition) is 1. The fraction of sp³-hybridized carbons (Fsp3) is 0.375. The van der Waals surface area contributed by atoms with Crippen molar-refractivity contribution in [3.05, 3.63) is 54.1 Å². The molecule has 1 aliphatic heterocycles. The van der Waals surface area contributed by atoms with E-state index in [0.717, 1.165) is 35.5 Å². The molecule has 0 aliphatic carbocycles. The summed E-state index contributed by atoms with van der Waals surface area (Å²) in [6.07, 6.45) is 1.48. The zero-order chi connectivity index (χ0) is 22.5. The number of ether oxygens (including phenoxy) is 2. The van der Waals surface area contributed by atoms with Crippen LogP contribution in [0, 0.1) is 5.92 Å². The summed E-state index contributed by atoms with van der Waals surface area (Å²) in [6, 6.07) is 15.7. The topological polar surface area (TPSA) is 89.7 Å². The molecule has 0 spiro atoms. The average molecular weight is 437 g/mol. The molecule has 0 unspecified atom stereocenters. The van der Waals surface area contributed by atoms with Crippen LogP contribution in [0.15, 0.2) is 52.9 Å². The Kier molecular flexibility index (Phi) is 6.58. The maximum atomic E-state index is 12.8. The van der Waals surface area contributed by atoms with Crippen LogP contribution in [0.3, 0.4) is 0 Å². The van der Waals surface area contributed by atoms with E-state index in [1.807, 2.05) is 60.4 Å². The van der Waals surface area contributed by atoms with Crippen molar-refractivity contribution in [3.63, 3.8) is 0 Å². The Bertz CT molecular complexity index is 1020. The summed E-state index contributed by atoms with van der Waals surface area (Å²) in [7, 11) is 3.27. The molecule has 2 aromatic carbocycles. The monoisotopic (exact) mass is 436 g/mol.